The maximum absolute atomic E-state index is 9.45. The van der Waals surface area contributed by atoms with Crippen LogP contribution in [0, 0.1) is 18.8 Å². The molecule has 0 radical (unpaired) electrons. The minimum atomic E-state index is -0.690. The standard InChI is InChI=1S/C11H11NO/c1-9-2-3-10(8-12-9)4-5-11(13)6-7-11/h2-3,8,13H,6-7H2,1H3. The number of pyridine rings is 1. The van der Waals surface area contributed by atoms with E-state index in [1.165, 1.54) is 0 Å². The number of nitrogens with zero attached hydrogens (tertiary/aromatic N) is 1. The second kappa shape index (κ2) is 2.86. The topological polar surface area (TPSA) is 33.1 Å². The summed E-state index contributed by atoms with van der Waals surface area (Å²) < 4.78 is 0. The fourth-order valence-electron chi connectivity index (χ4n) is 0.974. The molecule has 0 aromatic carbocycles. The molecule has 1 aromatic rings. The lowest BCUT2D eigenvalue weighted by atomic mass is 10.2. The predicted molar refractivity (Wildman–Crippen MR) is 50.0 cm³/mol. The van der Waals surface area contributed by atoms with E-state index in [1.54, 1.807) is 6.20 Å². The Morgan fingerprint density at radius 2 is 2.23 bits per heavy atom. The highest BCUT2D eigenvalue weighted by Crippen LogP contribution is 2.33. The summed E-state index contributed by atoms with van der Waals surface area (Å²) in [7, 11) is 0. The molecular formula is C11H11NO. The van der Waals surface area contributed by atoms with Crippen LogP contribution in [0.3, 0.4) is 0 Å². The lowest BCUT2D eigenvalue weighted by Gasteiger charge is -1.93. The summed E-state index contributed by atoms with van der Waals surface area (Å²) in [5.74, 6) is 5.75. The van der Waals surface area contributed by atoms with Gasteiger partial charge in [-0.15, -0.1) is 0 Å². The number of hydrogen-bond acceptors (Lipinski definition) is 2. The first-order valence-electron chi connectivity index (χ1n) is 4.36. The summed E-state index contributed by atoms with van der Waals surface area (Å²) in [5.41, 5.74) is 1.16. The fourth-order valence-corrected chi connectivity index (χ4v) is 0.974. The van der Waals surface area contributed by atoms with E-state index in [9.17, 15) is 5.11 Å². The van der Waals surface area contributed by atoms with E-state index < -0.39 is 5.60 Å². The normalized spacial score (nSPS) is 17.4. The van der Waals surface area contributed by atoms with E-state index in [0.717, 1.165) is 24.1 Å². The maximum atomic E-state index is 9.45. The molecule has 2 nitrogen and oxygen atoms in total. The highest BCUT2D eigenvalue weighted by molar-refractivity contribution is 5.36. The lowest BCUT2D eigenvalue weighted by molar-refractivity contribution is 0.212. The Kier molecular flexibility index (Phi) is 1.82. The van der Waals surface area contributed by atoms with Gasteiger partial charge in [0, 0.05) is 17.5 Å². The zero-order valence-corrected chi connectivity index (χ0v) is 7.54. The Labute approximate surface area is 77.6 Å². The van der Waals surface area contributed by atoms with Gasteiger partial charge in [0.2, 0.25) is 0 Å². The predicted octanol–water partition coefficient (Wildman–Crippen LogP) is 1.27. The van der Waals surface area contributed by atoms with Gasteiger partial charge in [0.15, 0.2) is 0 Å². The van der Waals surface area contributed by atoms with Crippen molar-refractivity contribution in [1.82, 2.24) is 4.98 Å². The first kappa shape index (κ1) is 8.28. The van der Waals surface area contributed by atoms with Crippen molar-refractivity contribution in [2.45, 2.75) is 25.4 Å². The molecule has 2 rings (SSSR count). The molecule has 0 aliphatic heterocycles. The van der Waals surface area contributed by atoms with Gasteiger partial charge in [0.25, 0.3) is 0 Å². The van der Waals surface area contributed by atoms with Crippen LogP contribution in [0.5, 0.6) is 0 Å². The molecule has 1 heterocycles. The van der Waals surface area contributed by atoms with E-state index in [1.807, 2.05) is 19.1 Å². The smallest absolute Gasteiger partial charge is 0.126 e. The van der Waals surface area contributed by atoms with Crippen molar-refractivity contribution in [2.75, 3.05) is 0 Å². The molecule has 0 saturated heterocycles. The largest absolute Gasteiger partial charge is 0.378 e. The van der Waals surface area contributed by atoms with Crippen LogP contribution in [0.1, 0.15) is 24.1 Å². The number of aryl methyl sites for hydroxylation is 1. The van der Waals surface area contributed by atoms with Crippen LogP contribution in [-0.2, 0) is 0 Å². The van der Waals surface area contributed by atoms with Crippen molar-refractivity contribution in [1.29, 1.82) is 0 Å². The third-order valence-electron chi connectivity index (χ3n) is 2.07. The van der Waals surface area contributed by atoms with Crippen molar-refractivity contribution in [3.8, 4) is 11.8 Å². The molecule has 1 aliphatic carbocycles. The van der Waals surface area contributed by atoms with E-state index in [0.29, 0.717) is 0 Å². The third-order valence-corrected chi connectivity index (χ3v) is 2.07. The first-order valence-corrected chi connectivity index (χ1v) is 4.36. The van der Waals surface area contributed by atoms with Crippen LogP contribution in [0.4, 0.5) is 0 Å². The second-order valence-corrected chi connectivity index (χ2v) is 3.47. The van der Waals surface area contributed by atoms with E-state index >= 15 is 0 Å². The van der Waals surface area contributed by atoms with Gasteiger partial charge >= 0.3 is 0 Å². The number of aromatic nitrogens is 1. The minimum absolute atomic E-state index is 0.690. The molecule has 0 unspecified atom stereocenters. The molecular weight excluding hydrogens is 162 g/mol. The van der Waals surface area contributed by atoms with Crippen molar-refractivity contribution < 1.29 is 5.11 Å². The van der Waals surface area contributed by atoms with Crippen molar-refractivity contribution in [3.05, 3.63) is 29.6 Å². The van der Waals surface area contributed by atoms with Crippen LogP contribution in [0.15, 0.2) is 18.3 Å². The summed E-state index contributed by atoms with van der Waals surface area (Å²) >= 11 is 0. The van der Waals surface area contributed by atoms with E-state index in [4.69, 9.17) is 0 Å². The number of rotatable bonds is 0. The van der Waals surface area contributed by atoms with Gasteiger partial charge in [-0.3, -0.25) is 4.98 Å². The molecule has 0 spiro atoms. The van der Waals surface area contributed by atoms with Crippen molar-refractivity contribution in [2.24, 2.45) is 0 Å². The van der Waals surface area contributed by atoms with E-state index in [-0.39, 0.29) is 0 Å². The fraction of sp³-hybridized carbons (Fsp3) is 0.364. The molecule has 1 fully saturated rings. The Morgan fingerprint density at radius 1 is 1.46 bits per heavy atom. The summed E-state index contributed by atoms with van der Waals surface area (Å²) in [4.78, 5) is 4.12. The maximum Gasteiger partial charge on any atom is 0.126 e. The van der Waals surface area contributed by atoms with Crippen molar-refractivity contribution >= 4 is 0 Å². The van der Waals surface area contributed by atoms with Crippen LogP contribution in [0.25, 0.3) is 0 Å². The Morgan fingerprint density at radius 3 is 2.77 bits per heavy atom. The SMILES string of the molecule is Cc1ccc(C#CC2(O)CC2)cn1. The zero-order chi connectivity index (χ0) is 9.31. The monoisotopic (exact) mass is 173 g/mol. The minimum Gasteiger partial charge on any atom is -0.378 e. The van der Waals surface area contributed by atoms with Gasteiger partial charge in [0.1, 0.15) is 5.60 Å². The molecule has 13 heavy (non-hydrogen) atoms. The molecule has 1 aromatic heterocycles. The van der Waals surface area contributed by atoms with Gasteiger partial charge in [-0.25, -0.2) is 0 Å². The van der Waals surface area contributed by atoms with Gasteiger partial charge in [-0.05, 0) is 31.9 Å². The summed E-state index contributed by atoms with van der Waals surface area (Å²) in [5, 5.41) is 9.45. The molecule has 0 atom stereocenters. The van der Waals surface area contributed by atoms with Gasteiger partial charge in [0.05, 0.1) is 0 Å². The highest BCUT2D eigenvalue weighted by atomic mass is 16.3. The number of aliphatic hydroxyl groups is 1. The van der Waals surface area contributed by atoms with Crippen LogP contribution in [0.2, 0.25) is 0 Å². The Bertz CT molecular complexity index is 365. The third kappa shape index (κ3) is 2.07. The Balaban J connectivity index is 2.16. The van der Waals surface area contributed by atoms with Crippen LogP contribution < -0.4 is 0 Å². The van der Waals surface area contributed by atoms with Crippen molar-refractivity contribution in [3.63, 3.8) is 0 Å². The average Bonchev–Trinajstić information content (AvgIpc) is 2.84. The van der Waals surface area contributed by atoms with Gasteiger partial charge in [-0.1, -0.05) is 11.8 Å². The molecule has 1 saturated carbocycles. The van der Waals surface area contributed by atoms with Crippen LogP contribution >= 0.6 is 0 Å². The van der Waals surface area contributed by atoms with Crippen LogP contribution in [-0.4, -0.2) is 15.7 Å². The molecule has 1 aliphatic rings. The average molecular weight is 173 g/mol. The molecule has 66 valence electrons. The summed E-state index contributed by atoms with van der Waals surface area (Å²) in [6.07, 6.45) is 3.34. The van der Waals surface area contributed by atoms with E-state index in [2.05, 4.69) is 16.8 Å². The number of hydrogen-bond donors (Lipinski definition) is 1. The lowest BCUT2D eigenvalue weighted by Crippen LogP contribution is -2.00. The molecule has 2 heteroatoms. The summed E-state index contributed by atoms with van der Waals surface area (Å²) in [6, 6.07) is 3.84. The molecule has 1 N–H and O–H groups in total. The quantitative estimate of drug-likeness (QED) is 0.599. The first-order chi connectivity index (χ1) is 6.18. The molecule has 0 bridgehead atoms. The molecule has 0 amide bonds. The Hall–Kier alpha value is -1.33. The highest BCUT2D eigenvalue weighted by Gasteiger charge is 2.38. The second-order valence-electron chi connectivity index (χ2n) is 3.47. The summed E-state index contributed by atoms with van der Waals surface area (Å²) in [6.45, 7) is 1.94. The van der Waals surface area contributed by atoms with Gasteiger partial charge < -0.3 is 5.11 Å². The zero-order valence-electron chi connectivity index (χ0n) is 7.54. The van der Waals surface area contributed by atoms with Gasteiger partial charge in [-0.2, -0.15) is 0 Å².